The highest BCUT2D eigenvalue weighted by atomic mass is 16.5. The van der Waals surface area contributed by atoms with Crippen molar-refractivity contribution < 1.29 is 4.74 Å². The number of methoxy groups -OCH3 is 1. The lowest BCUT2D eigenvalue weighted by molar-refractivity contribution is -0.00753. The van der Waals surface area contributed by atoms with Crippen molar-refractivity contribution in [3.63, 3.8) is 0 Å². The van der Waals surface area contributed by atoms with Gasteiger partial charge in [0.05, 0.1) is 6.10 Å². The van der Waals surface area contributed by atoms with Gasteiger partial charge in [-0.25, -0.2) is 0 Å². The summed E-state index contributed by atoms with van der Waals surface area (Å²) >= 11 is 0. The fourth-order valence-corrected chi connectivity index (χ4v) is 3.23. The number of hydrogen-bond donors (Lipinski definition) is 1. The zero-order valence-electron chi connectivity index (χ0n) is 9.30. The van der Waals surface area contributed by atoms with Gasteiger partial charge in [0.2, 0.25) is 0 Å². The molecular formula is C12H23NO. The van der Waals surface area contributed by atoms with Crippen molar-refractivity contribution in [1.82, 2.24) is 5.32 Å². The minimum atomic E-state index is 0.562. The highest BCUT2D eigenvalue weighted by Crippen LogP contribution is 2.35. The van der Waals surface area contributed by atoms with Crippen LogP contribution in [0.1, 0.15) is 38.5 Å². The maximum absolute atomic E-state index is 5.64. The molecule has 2 heteroatoms. The monoisotopic (exact) mass is 197 g/mol. The molecule has 1 N–H and O–H groups in total. The first kappa shape index (κ1) is 10.4. The van der Waals surface area contributed by atoms with Gasteiger partial charge in [-0.15, -0.1) is 0 Å². The first-order valence-corrected chi connectivity index (χ1v) is 6.15. The van der Waals surface area contributed by atoms with E-state index < -0.39 is 0 Å². The average molecular weight is 197 g/mol. The topological polar surface area (TPSA) is 21.3 Å². The first-order chi connectivity index (χ1) is 6.92. The van der Waals surface area contributed by atoms with Crippen LogP contribution < -0.4 is 5.32 Å². The summed E-state index contributed by atoms with van der Waals surface area (Å²) in [7, 11) is 1.89. The van der Waals surface area contributed by atoms with Crippen LogP contribution in [0.5, 0.6) is 0 Å². The van der Waals surface area contributed by atoms with E-state index in [2.05, 4.69) is 5.32 Å². The van der Waals surface area contributed by atoms with E-state index in [1.165, 1.54) is 51.6 Å². The van der Waals surface area contributed by atoms with Crippen LogP contribution in [-0.2, 0) is 4.74 Å². The molecule has 1 saturated heterocycles. The molecule has 1 saturated carbocycles. The minimum Gasteiger partial charge on any atom is -0.381 e. The molecule has 14 heavy (non-hydrogen) atoms. The number of ether oxygens (including phenoxy) is 1. The van der Waals surface area contributed by atoms with Crippen molar-refractivity contribution in [3.05, 3.63) is 0 Å². The Balaban J connectivity index is 1.91. The Hall–Kier alpha value is -0.0800. The highest BCUT2D eigenvalue weighted by molar-refractivity contribution is 4.84. The molecule has 2 fully saturated rings. The van der Waals surface area contributed by atoms with Gasteiger partial charge in [0, 0.05) is 7.11 Å². The van der Waals surface area contributed by atoms with E-state index in [0.717, 1.165) is 11.8 Å². The second kappa shape index (κ2) is 5.13. The lowest BCUT2D eigenvalue weighted by Crippen LogP contribution is -2.38. The number of rotatable bonds is 2. The predicted molar refractivity (Wildman–Crippen MR) is 58.3 cm³/mol. The van der Waals surface area contributed by atoms with Crippen LogP contribution in [0.15, 0.2) is 0 Å². The summed E-state index contributed by atoms with van der Waals surface area (Å²) in [5.41, 5.74) is 0. The van der Waals surface area contributed by atoms with E-state index >= 15 is 0 Å². The SMILES string of the molecule is COC1CCCCC1C1CCNCC1. The summed E-state index contributed by atoms with van der Waals surface area (Å²) in [5.74, 6) is 1.79. The first-order valence-electron chi connectivity index (χ1n) is 6.15. The molecule has 2 aliphatic rings. The van der Waals surface area contributed by atoms with Crippen LogP contribution in [0.25, 0.3) is 0 Å². The third-order valence-corrected chi connectivity index (χ3v) is 4.05. The molecule has 2 nitrogen and oxygen atoms in total. The molecular weight excluding hydrogens is 174 g/mol. The van der Waals surface area contributed by atoms with Gasteiger partial charge in [0.25, 0.3) is 0 Å². The largest absolute Gasteiger partial charge is 0.381 e. The van der Waals surface area contributed by atoms with E-state index in [9.17, 15) is 0 Å². The molecule has 82 valence electrons. The van der Waals surface area contributed by atoms with Crippen LogP contribution >= 0.6 is 0 Å². The highest BCUT2D eigenvalue weighted by Gasteiger charge is 2.32. The fraction of sp³-hybridized carbons (Fsp3) is 1.00. The quantitative estimate of drug-likeness (QED) is 0.732. The van der Waals surface area contributed by atoms with Gasteiger partial charge >= 0.3 is 0 Å². The zero-order valence-corrected chi connectivity index (χ0v) is 9.30. The number of nitrogens with one attached hydrogen (secondary N) is 1. The Morgan fingerprint density at radius 1 is 1.00 bits per heavy atom. The summed E-state index contributed by atoms with van der Waals surface area (Å²) in [5, 5.41) is 3.45. The molecule has 2 unspecified atom stereocenters. The Kier molecular flexibility index (Phi) is 3.82. The van der Waals surface area contributed by atoms with Crippen molar-refractivity contribution in [1.29, 1.82) is 0 Å². The van der Waals surface area contributed by atoms with Crippen molar-refractivity contribution >= 4 is 0 Å². The van der Waals surface area contributed by atoms with Crippen molar-refractivity contribution in [2.75, 3.05) is 20.2 Å². The van der Waals surface area contributed by atoms with Gasteiger partial charge in [-0.1, -0.05) is 12.8 Å². The summed E-state index contributed by atoms with van der Waals surface area (Å²) in [6, 6.07) is 0. The van der Waals surface area contributed by atoms with Crippen molar-refractivity contribution in [3.8, 4) is 0 Å². The lowest BCUT2D eigenvalue weighted by atomic mass is 9.74. The number of hydrogen-bond acceptors (Lipinski definition) is 2. The van der Waals surface area contributed by atoms with E-state index in [-0.39, 0.29) is 0 Å². The molecule has 2 atom stereocenters. The fourth-order valence-electron chi connectivity index (χ4n) is 3.23. The molecule has 1 heterocycles. The Morgan fingerprint density at radius 2 is 1.71 bits per heavy atom. The summed E-state index contributed by atoms with van der Waals surface area (Å²) in [6.07, 6.45) is 8.80. The molecule has 0 bridgehead atoms. The van der Waals surface area contributed by atoms with Crippen molar-refractivity contribution in [2.24, 2.45) is 11.8 Å². The predicted octanol–water partition coefficient (Wildman–Crippen LogP) is 2.19. The molecule has 1 aliphatic carbocycles. The second-order valence-corrected chi connectivity index (χ2v) is 4.81. The maximum Gasteiger partial charge on any atom is 0.0602 e. The van der Waals surface area contributed by atoms with E-state index in [1.807, 2.05) is 7.11 Å². The normalized spacial score (nSPS) is 35.8. The van der Waals surface area contributed by atoms with Gasteiger partial charge in [-0.05, 0) is 50.6 Å². The molecule has 2 rings (SSSR count). The standard InChI is InChI=1S/C12H23NO/c1-14-12-5-3-2-4-11(12)10-6-8-13-9-7-10/h10-13H,2-9H2,1H3. The molecule has 0 aromatic rings. The van der Waals surface area contributed by atoms with Gasteiger partial charge < -0.3 is 10.1 Å². The van der Waals surface area contributed by atoms with Gasteiger partial charge in [0.1, 0.15) is 0 Å². The maximum atomic E-state index is 5.64. The smallest absolute Gasteiger partial charge is 0.0602 e. The van der Waals surface area contributed by atoms with Gasteiger partial charge in [-0.3, -0.25) is 0 Å². The van der Waals surface area contributed by atoms with E-state index in [1.54, 1.807) is 0 Å². The molecule has 1 aliphatic heterocycles. The second-order valence-electron chi connectivity index (χ2n) is 4.81. The molecule has 0 amide bonds. The third kappa shape index (κ3) is 2.29. The summed E-state index contributed by atoms with van der Waals surface area (Å²) in [4.78, 5) is 0. The van der Waals surface area contributed by atoms with Crippen LogP contribution in [0.4, 0.5) is 0 Å². The lowest BCUT2D eigenvalue weighted by Gasteiger charge is -2.38. The van der Waals surface area contributed by atoms with Crippen LogP contribution in [0.3, 0.4) is 0 Å². The third-order valence-electron chi connectivity index (χ3n) is 4.05. The molecule has 0 spiro atoms. The Morgan fingerprint density at radius 3 is 2.43 bits per heavy atom. The Labute approximate surface area is 87.4 Å². The average Bonchev–Trinajstić information content (AvgIpc) is 2.30. The summed E-state index contributed by atoms with van der Waals surface area (Å²) < 4.78 is 5.64. The van der Waals surface area contributed by atoms with E-state index in [4.69, 9.17) is 4.74 Å². The van der Waals surface area contributed by atoms with E-state index in [0.29, 0.717) is 6.10 Å². The van der Waals surface area contributed by atoms with Crippen molar-refractivity contribution in [2.45, 2.75) is 44.6 Å². The van der Waals surface area contributed by atoms with Gasteiger partial charge in [0.15, 0.2) is 0 Å². The Bertz CT molecular complexity index is 166. The number of piperidine rings is 1. The molecule has 0 aromatic carbocycles. The minimum absolute atomic E-state index is 0.562. The van der Waals surface area contributed by atoms with Crippen LogP contribution in [0.2, 0.25) is 0 Å². The van der Waals surface area contributed by atoms with Crippen LogP contribution in [-0.4, -0.2) is 26.3 Å². The van der Waals surface area contributed by atoms with Crippen LogP contribution in [0, 0.1) is 11.8 Å². The van der Waals surface area contributed by atoms with Gasteiger partial charge in [-0.2, -0.15) is 0 Å². The molecule has 0 aromatic heterocycles. The molecule has 0 radical (unpaired) electrons. The summed E-state index contributed by atoms with van der Waals surface area (Å²) in [6.45, 7) is 2.44. The zero-order chi connectivity index (χ0) is 9.80.